The van der Waals surface area contributed by atoms with E-state index in [-0.39, 0.29) is 0 Å². The largest absolute Gasteiger partial charge is 0.302 e. The summed E-state index contributed by atoms with van der Waals surface area (Å²) >= 11 is 0. The van der Waals surface area contributed by atoms with Crippen LogP contribution in [0.25, 0.3) is 0 Å². The van der Waals surface area contributed by atoms with Gasteiger partial charge >= 0.3 is 0 Å². The second-order valence-electron chi connectivity index (χ2n) is 3.15. The van der Waals surface area contributed by atoms with Gasteiger partial charge in [0.2, 0.25) is 0 Å². The Morgan fingerprint density at radius 3 is 2.22 bits per heavy atom. The van der Waals surface area contributed by atoms with E-state index in [9.17, 15) is 0 Å². The summed E-state index contributed by atoms with van der Waals surface area (Å²) in [4.78, 5) is 0. The molecule has 2 bridgehead atoms. The number of hydrogen-bond donors (Lipinski definition) is 2. The van der Waals surface area contributed by atoms with Crippen molar-refractivity contribution in [3.63, 3.8) is 0 Å². The highest BCUT2D eigenvalue weighted by molar-refractivity contribution is 4.85. The lowest BCUT2D eigenvalue weighted by atomic mass is 9.90. The zero-order chi connectivity index (χ0) is 6.10. The molecule has 2 unspecified atom stereocenters. The molecule has 2 nitrogen and oxygen atoms in total. The van der Waals surface area contributed by atoms with Gasteiger partial charge in [-0.05, 0) is 19.3 Å². The molecule has 0 amide bonds. The van der Waals surface area contributed by atoms with Crippen molar-refractivity contribution in [2.75, 3.05) is 6.67 Å². The lowest BCUT2D eigenvalue weighted by Gasteiger charge is -2.35. The van der Waals surface area contributed by atoms with Crippen LogP contribution in [0.1, 0.15) is 25.7 Å². The van der Waals surface area contributed by atoms with Crippen LogP contribution in [-0.2, 0) is 0 Å². The summed E-state index contributed by atoms with van der Waals surface area (Å²) in [6.45, 7) is 1.04. The quantitative estimate of drug-likeness (QED) is 0.492. The van der Waals surface area contributed by atoms with Gasteiger partial charge in [-0.2, -0.15) is 0 Å². The normalized spacial score (nSPS) is 42.7. The van der Waals surface area contributed by atoms with Crippen molar-refractivity contribution >= 4 is 0 Å². The van der Waals surface area contributed by atoms with Crippen molar-refractivity contribution in [2.24, 2.45) is 0 Å². The molecule has 0 aromatic carbocycles. The lowest BCUT2D eigenvalue weighted by Crippen LogP contribution is -2.52. The highest BCUT2D eigenvalue weighted by Gasteiger charge is 2.24. The molecule has 2 fully saturated rings. The zero-order valence-electron chi connectivity index (χ0n) is 5.69. The van der Waals surface area contributed by atoms with Gasteiger partial charge in [-0.15, -0.1) is 0 Å². The molecule has 0 aromatic heterocycles. The predicted octanol–water partition coefficient (Wildman–Crippen LogP) is 0.448. The second-order valence-corrected chi connectivity index (χ2v) is 3.15. The fourth-order valence-electron chi connectivity index (χ4n) is 1.91. The first-order chi connectivity index (χ1) is 4.45. The van der Waals surface area contributed by atoms with Gasteiger partial charge in [0.25, 0.3) is 0 Å². The van der Waals surface area contributed by atoms with Gasteiger partial charge in [0.05, 0.1) is 0 Å². The lowest BCUT2D eigenvalue weighted by molar-refractivity contribution is 0.242. The summed E-state index contributed by atoms with van der Waals surface area (Å²) in [5.41, 5.74) is 0. The Morgan fingerprint density at radius 1 is 1.00 bits per heavy atom. The van der Waals surface area contributed by atoms with Crippen LogP contribution in [0.3, 0.4) is 0 Å². The standard InChI is InChI=1S/C7H14N2/c1-2-6-4-7(3-1)9-5-8-6/h6-9H,1-5H2. The maximum atomic E-state index is 3.44. The van der Waals surface area contributed by atoms with Gasteiger partial charge in [0.1, 0.15) is 0 Å². The summed E-state index contributed by atoms with van der Waals surface area (Å²) in [7, 11) is 0. The SMILES string of the molecule is C1CC2CC(C1)NCN2. The Labute approximate surface area is 56.0 Å². The molecular formula is C7H14N2. The highest BCUT2D eigenvalue weighted by atomic mass is 15.1. The number of nitrogens with one attached hydrogen (secondary N) is 2. The van der Waals surface area contributed by atoms with E-state index in [1.54, 1.807) is 0 Å². The summed E-state index contributed by atoms with van der Waals surface area (Å²) in [6.07, 6.45) is 5.58. The molecule has 9 heavy (non-hydrogen) atoms. The van der Waals surface area contributed by atoms with E-state index in [4.69, 9.17) is 0 Å². The highest BCUT2D eigenvalue weighted by Crippen LogP contribution is 2.20. The molecule has 52 valence electrons. The third-order valence-electron chi connectivity index (χ3n) is 2.46. The summed E-state index contributed by atoms with van der Waals surface area (Å²) in [5.74, 6) is 0. The van der Waals surface area contributed by atoms with Crippen LogP contribution in [0.2, 0.25) is 0 Å². The van der Waals surface area contributed by atoms with Gasteiger partial charge in [-0.3, -0.25) is 0 Å². The Hall–Kier alpha value is -0.0800. The first-order valence-corrected chi connectivity index (χ1v) is 3.92. The number of hydrogen-bond acceptors (Lipinski definition) is 2. The minimum absolute atomic E-state index is 0.838. The van der Waals surface area contributed by atoms with Crippen LogP contribution in [-0.4, -0.2) is 18.8 Å². The molecule has 1 aliphatic carbocycles. The molecule has 2 aliphatic rings. The molecule has 1 aliphatic heterocycles. The molecule has 0 spiro atoms. The fraction of sp³-hybridized carbons (Fsp3) is 1.00. The molecule has 1 saturated heterocycles. The number of rotatable bonds is 0. The van der Waals surface area contributed by atoms with E-state index in [0.717, 1.165) is 18.8 Å². The van der Waals surface area contributed by atoms with Gasteiger partial charge in [0.15, 0.2) is 0 Å². The van der Waals surface area contributed by atoms with Crippen LogP contribution >= 0.6 is 0 Å². The maximum Gasteiger partial charge on any atom is 0.0458 e. The van der Waals surface area contributed by atoms with Gasteiger partial charge in [0, 0.05) is 18.8 Å². The second kappa shape index (κ2) is 2.27. The molecule has 2 atom stereocenters. The molecule has 2 rings (SSSR count). The van der Waals surface area contributed by atoms with Gasteiger partial charge < -0.3 is 10.6 Å². The van der Waals surface area contributed by atoms with Crippen molar-refractivity contribution in [1.82, 2.24) is 10.6 Å². The smallest absolute Gasteiger partial charge is 0.0458 e. The van der Waals surface area contributed by atoms with E-state index in [1.165, 1.54) is 25.7 Å². The first-order valence-electron chi connectivity index (χ1n) is 3.92. The molecule has 2 N–H and O–H groups in total. The van der Waals surface area contributed by atoms with Gasteiger partial charge in [-0.1, -0.05) is 6.42 Å². The van der Waals surface area contributed by atoms with Crippen LogP contribution < -0.4 is 10.6 Å². The Balaban J connectivity index is 1.96. The predicted molar refractivity (Wildman–Crippen MR) is 37.2 cm³/mol. The maximum absolute atomic E-state index is 3.44. The van der Waals surface area contributed by atoms with Crippen LogP contribution in [0.4, 0.5) is 0 Å². The van der Waals surface area contributed by atoms with Crippen LogP contribution in [0.15, 0.2) is 0 Å². The minimum atomic E-state index is 0.838. The van der Waals surface area contributed by atoms with E-state index < -0.39 is 0 Å². The molecule has 2 heteroatoms. The zero-order valence-corrected chi connectivity index (χ0v) is 5.69. The fourth-order valence-corrected chi connectivity index (χ4v) is 1.91. The molecule has 0 radical (unpaired) electrons. The number of fused-ring (bicyclic) bond motifs is 2. The average Bonchev–Trinajstić information content (AvgIpc) is 1.88. The summed E-state index contributed by atoms with van der Waals surface area (Å²) in [5, 5.41) is 6.88. The van der Waals surface area contributed by atoms with Crippen molar-refractivity contribution in [2.45, 2.75) is 37.8 Å². The van der Waals surface area contributed by atoms with Crippen molar-refractivity contribution in [1.29, 1.82) is 0 Å². The molecule has 1 heterocycles. The monoisotopic (exact) mass is 126 g/mol. The van der Waals surface area contributed by atoms with E-state index >= 15 is 0 Å². The Bertz CT molecular complexity index is 83.1. The van der Waals surface area contributed by atoms with Crippen molar-refractivity contribution in [3.8, 4) is 0 Å². The van der Waals surface area contributed by atoms with Gasteiger partial charge in [-0.25, -0.2) is 0 Å². The summed E-state index contributed by atoms with van der Waals surface area (Å²) in [6, 6.07) is 1.68. The van der Waals surface area contributed by atoms with E-state index in [0.29, 0.717) is 0 Å². The van der Waals surface area contributed by atoms with Crippen molar-refractivity contribution < 1.29 is 0 Å². The Morgan fingerprint density at radius 2 is 1.67 bits per heavy atom. The molecule has 0 aromatic rings. The minimum Gasteiger partial charge on any atom is -0.302 e. The van der Waals surface area contributed by atoms with Crippen LogP contribution in [0.5, 0.6) is 0 Å². The molecular weight excluding hydrogens is 112 g/mol. The van der Waals surface area contributed by atoms with E-state index in [1.807, 2.05) is 0 Å². The first kappa shape index (κ1) is 5.69. The summed E-state index contributed by atoms with van der Waals surface area (Å²) < 4.78 is 0. The Kier molecular flexibility index (Phi) is 1.44. The van der Waals surface area contributed by atoms with Crippen molar-refractivity contribution in [3.05, 3.63) is 0 Å². The third kappa shape index (κ3) is 1.10. The molecule has 1 saturated carbocycles. The average molecular weight is 126 g/mol. The van der Waals surface area contributed by atoms with Crippen LogP contribution in [0, 0.1) is 0 Å². The topological polar surface area (TPSA) is 24.1 Å². The third-order valence-corrected chi connectivity index (χ3v) is 2.46. The van der Waals surface area contributed by atoms with E-state index in [2.05, 4.69) is 10.6 Å².